The van der Waals surface area contributed by atoms with Gasteiger partial charge in [-0.2, -0.15) is 0 Å². The number of methoxy groups -OCH3 is 1. The molecule has 40 heavy (non-hydrogen) atoms. The van der Waals surface area contributed by atoms with E-state index in [1.807, 2.05) is 73.7 Å². The third kappa shape index (κ3) is 5.25. The first-order chi connectivity index (χ1) is 19.5. The molecule has 1 aliphatic carbocycles. The Morgan fingerprint density at radius 3 is 2.40 bits per heavy atom. The number of likely N-dealkylation sites (tertiary alicyclic amines) is 1. The second-order valence-corrected chi connectivity index (χ2v) is 11.8. The van der Waals surface area contributed by atoms with Crippen molar-refractivity contribution in [2.24, 2.45) is 17.3 Å². The summed E-state index contributed by atoms with van der Waals surface area (Å²) in [6.45, 7) is 4.93. The molecule has 3 aromatic rings. The first-order valence-electron chi connectivity index (χ1n) is 14.3. The second-order valence-electron chi connectivity index (χ2n) is 11.8. The third-order valence-corrected chi connectivity index (χ3v) is 8.91. The van der Waals surface area contributed by atoms with Crippen LogP contribution in [0.5, 0.6) is 11.5 Å². The topological polar surface area (TPSA) is 65.1 Å². The lowest BCUT2D eigenvalue weighted by Crippen LogP contribution is -2.42. The Morgan fingerprint density at radius 2 is 1.70 bits per heavy atom. The highest BCUT2D eigenvalue weighted by Crippen LogP contribution is 2.49. The lowest BCUT2D eigenvalue weighted by Gasteiger charge is -2.33. The van der Waals surface area contributed by atoms with E-state index in [0.29, 0.717) is 37.1 Å². The molecule has 0 spiro atoms. The molecule has 3 fully saturated rings. The van der Waals surface area contributed by atoms with Crippen LogP contribution in [0.3, 0.4) is 0 Å². The summed E-state index contributed by atoms with van der Waals surface area (Å²) in [6, 6.07) is 26.2. The van der Waals surface area contributed by atoms with Gasteiger partial charge in [-0.1, -0.05) is 73.7 Å². The molecule has 2 heterocycles. The van der Waals surface area contributed by atoms with Crippen LogP contribution in [0, 0.1) is 17.3 Å². The summed E-state index contributed by atoms with van der Waals surface area (Å²) in [4.78, 5) is 30.0. The lowest BCUT2D eigenvalue weighted by atomic mass is 9.67. The zero-order chi connectivity index (χ0) is 27.7. The zero-order valence-electron chi connectivity index (χ0n) is 23.3. The van der Waals surface area contributed by atoms with Gasteiger partial charge in [0.25, 0.3) is 0 Å². The van der Waals surface area contributed by atoms with Crippen LogP contribution in [0.25, 0.3) is 0 Å². The van der Waals surface area contributed by atoms with Crippen molar-refractivity contribution >= 4 is 11.8 Å². The Labute approximate surface area is 236 Å². The standard InChI is InChI=1S/C34H37NO5/c1-34(32(36)31-27(21-40-33(31)37)25-11-7-4-8-12-25)22-35(18-23-9-5-3-6-10-23)19-28(34)26-15-16-29(38-2)30(17-26)39-20-24-13-14-24/h3-12,15-17,24,27-28,31H,13-14,18-22H2,1-2H3/t27-,28-,31?,34+/m0/s1. The van der Waals surface area contributed by atoms with Crippen molar-refractivity contribution in [3.05, 3.63) is 95.6 Å². The largest absolute Gasteiger partial charge is 0.493 e. The molecule has 6 heteroatoms. The molecule has 6 nitrogen and oxygen atoms in total. The number of ketones is 1. The summed E-state index contributed by atoms with van der Waals surface area (Å²) >= 11 is 0. The zero-order valence-corrected chi connectivity index (χ0v) is 23.3. The maximum Gasteiger partial charge on any atom is 0.317 e. The molecule has 0 bridgehead atoms. The summed E-state index contributed by atoms with van der Waals surface area (Å²) in [7, 11) is 1.65. The van der Waals surface area contributed by atoms with E-state index in [9.17, 15) is 9.59 Å². The van der Waals surface area contributed by atoms with Crippen LogP contribution in [0.2, 0.25) is 0 Å². The molecular formula is C34H37NO5. The van der Waals surface area contributed by atoms with Crippen LogP contribution in [-0.2, 0) is 20.9 Å². The molecular weight excluding hydrogens is 502 g/mol. The number of nitrogens with zero attached hydrogens (tertiary/aromatic N) is 1. The van der Waals surface area contributed by atoms with E-state index in [2.05, 4.69) is 17.0 Å². The molecule has 0 amide bonds. The van der Waals surface area contributed by atoms with E-state index in [-0.39, 0.29) is 24.2 Å². The fourth-order valence-corrected chi connectivity index (χ4v) is 6.45. The van der Waals surface area contributed by atoms with Gasteiger partial charge in [0.15, 0.2) is 17.3 Å². The Kier molecular flexibility index (Phi) is 7.37. The van der Waals surface area contributed by atoms with Crippen molar-refractivity contribution in [3.63, 3.8) is 0 Å². The van der Waals surface area contributed by atoms with Crippen LogP contribution in [-0.4, -0.2) is 50.1 Å². The Morgan fingerprint density at radius 1 is 0.975 bits per heavy atom. The molecule has 1 saturated carbocycles. The summed E-state index contributed by atoms with van der Waals surface area (Å²) in [5.41, 5.74) is 2.40. The normalized spacial score (nSPS) is 26.4. The van der Waals surface area contributed by atoms with Gasteiger partial charge >= 0.3 is 5.97 Å². The molecule has 3 aliphatic rings. The third-order valence-electron chi connectivity index (χ3n) is 8.91. The minimum atomic E-state index is -0.824. The number of esters is 1. The molecule has 2 aliphatic heterocycles. The van der Waals surface area contributed by atoms with Gasteiger partial charge in [-0.05, 0) is 47.6 Å². The van der Waals surface area contributed by atoms with Crippen LogP contribution < -0.4 is 9.47 Å². The van der Waals surface area contributed by atoms with Crippen molar-refractivity contribution in [1.29, 1.82) is 0 Å². The molecule has 0 radical (unpaired) electrons. The van der Waals surface area contributed by atoms with E-state index < -0.39 is 17.3 Å². The summed E-state index contributed by atoms with van der Waals surface area (Å²) in [5, 5.41) is 0. The maximum absolute atomic E-state index is 14.6. The number of Topliss-reactive ketones (excluding diaryl/α,β-unsaturated/α-hetero) is 1. The Hall–Kier alpha value is -3.64. The van der Waals surface area contributed by atoms with E-state index in [1.165, 1.54) is 18.4 Å². The van der Waals surface area contributed by atoms with Crippen molar-refractivity contribution in [2.45, 2.75) is 38.1 Å². The van der Waals surface area contributed by atoms with Gasteiger partial charge in [-0.3, -0.25) is 14.5 Å². The van der Waals surface area contributed by atoms with E-state index in [4.69, 9.17) is 14.2 Å². The van der Waals surface area contributed by atoms with Gasteiger partial charge < -0.3 is 14.2 Å². The van der Waals surface area contributed by atoms with Crippen LogP contribution in [0.4, 0.5) is 0 Å². The fraction of sp³-hybridized carbons (Fsp3) is 0.412. The van der Waals surface area contributed by atoms with Crippen molar-refractivity contribution in [3.8, 4) is 11.5 Å². The summed E-state index contributed by atoms with van der Waals surface area (Å²) in [6.07, 6.45) is 2.40. The number of rotatable bonds is 10. The van der Waals surface area contributed by atoms with E-state index >= 15 is 0 Å². The smallest absolute Gasteiger partial charge is 0.317 e. The highest BCUT2D eigenvalue weighted by atomic mass is 16.5. The molecule has 1 unspecified atom stereocenters. The predicted molar refractivity (Wildman–Crippen MR) is 152 cm³/mol. The number of carbonyl (C=O) groups excluding carboxylic acids is 2. The van der Waals surface area contributed by atoms with Gasteiger partial charge in [0.05, 0.1) is 20.3 Å². The number of carbonyl (C=O) groups is 2. The van der Waals surface area contributed by atoms with Crippen molar-refractivity contribution in [2.75, 3.05) is 33.4 Å². The van der Waals surface area contributed by atoms with Crippen LogP contribution in [0.15, 0.2) is 78.9 Å². The summed E-state index contributed by atoms with van der Waals surface area (Å²) < 4.78 is 17.3. The minimum Gasteiger partial charge on any atom is -0.493 e. The van der Waals surface area contributed by atoms with Gasteiger partial charge in [-0.15, -0.1) is 0 Å². The number of benzene rings is 3. The van der Waals surface area contributed by atoms with Gasteiger partial charge in [0.1, 0.15) is 5.92 Å². The average Bonchev–Trinajstić information content (AvgIpc) is 3.65. The van der Waals surface area contributed by atoms with Crippen molar-refractivity contribution < 1.29 is 23.8 Å². The molecule has 208 valence electrons. The predicted octanol–water partition coefficient (Wildman–Crippen LogP) is 5.62. The first-order valence-corrected chi connectivity index (χ1v) is 14.3. The number of cyclic esters (lactones) is 1. The first kappa shape index (κ1) is 26.6. The SMILES string of the molecule is COc1ccc([C@@H]2CN(Cc3ccccc3)C[C@@]2(C)C(=O)C2C(=O)OC[C@H]2c2ccccc2)cc1OCC1CC1. The quantitative estimate of drug-likeness (QED) is 0.246. The highest BCUT2D eigenvalue weighted by Gasteiger charge is 2.55. The monoisotopic (exact) mass is 539 g/mol. The van der Waals surface area contributed by atoms with E-state index in [0.717, 1.165) is 17.7 Å². The maximum atomic E-state index is 14.6. The van der Waals surface area contributed by atoms with Crippen LogP contribution >= 0.6 is 0 Å². The molecule has 0 N–H and O–H groups in total. The number of ether oxygens (including phenoxy) is 3. The molecule has 0 aromatic heterocycles. The average molecular weight is 540 g/mol. The number of hydrogen-bond donors (Lipinski definition) is 0. The minimum absolute atomic E-state index is 0.0410. The molecule has 6 rings (SSSR count). The highest BCUT2D eigenvalue weighted by molar-refractivity contribution is 6.04. The fourth-order valence-electron chi connectivity index (χ4n) is 6.45. The summed E-state index contributed by atoms with van der Waals surface area (Å²) in [5.74, 6) is 0.333. The van der Waals surface area contributed by atoms with Gasteiger partial charge in [0, 0.05) is 36.9 Å². The molecule has 3 aromatic carbocycles. The Balaban J connectivity index is 1.35. The van der Waals surface area contributed by atoms with Gasteiger partial charge in [-0.25, -0.2) is 0 Å². The Bertz CT molecular complexity index is 1360. The molecule has 4 atom stereocenters. The second kappa shape index (κ2) is 11.1. The number of hydrogen-bond acceptors (Lipinski definition) is 6. The van der Waals surface area contributed by atoms with Crippen LogP contribution in [0.1, 0.15) is 48.3 Å². The molecule has 2 saturated heterocycles. The van der Waals surface area contributed by atoms with Gasteiger partial charge in [0.2, 0.25) is 0 Å². The van der Waals surface area contributed by atoms with E-state index in [1.54, 1.807) is 7.11 Å². The lowest BCUT2D eigenvalue weighted by molar-refractivity contribution is -0.147. The van der Waals surface area contributed by atoms with Crippen molar-refractivity contribution in [1.82, 2.24) is 4.90 Å².